The van der Waals surface area contributed by atoms with Gasteiger partial charge in [-0.25, -0.2) is 0 Å². The average molecular weight is 555 g/mol. The maximum absolute atomic E-state index is 10.5. The van der Waals surface area contributed by atoms with Crippen LogP contribution in [0.25, 0.3) is 10.6 Å². The number of rotatable bonds is 6. The Hall–Kier alpha value is -3.91. The highest BCUT2D eigenvalue weighted by Crippen LogP contribution is 2.50. The van der Waals surface area contributed by atoms with E-state index in [9.17, 15) is 8.42 Å². The second kappa shape index (κ2) is 13.2. The zero-order valence-electron chi connectivity index (χ0n) is 21.8. The first-order chi connectivity index (χ1) is 18.9. The summed E-state index contributed by atoms with van der Waals surface area (Å²) >= 11 is 1.81. The molecule has 4 aromatic carbocycles. The standard InChI is InChI=1S/C25H22N2S.C7H8O3S/c1-2-27-23(18-19-26-22-16-10-5-11-17-22)28-25(21-14-8-4-9-15-21)24(27)20-12-6-3-7-13-20;1-6-2-4-7(5-3-6)11(8,9)10/h3-19H,2H2,1H3;2-5H,1H3,(H,8,9,10). The van der Waals surface area contributed by atoms with Crippen LogP contribution in [-0.4, -0.2) is 30.6 Å². The Bertz CT molecular complexity index is 1570. The highest BCUT2D eigenvalue weighted by atomic mass is 32.2. The second-order valence-electron chi connectivity index (χ2n) is 8.66. The van der Waals surface area contributed by atoms with Crippen LogP contribution in [0.2, 0.25) is 0 Å². The number of hydrogen-bond donors (Lipinski definition) is 1. The number of allylic oxidation sites excluding steroid dienone is 1. The number of hydrogen-bond acceptors (Lipinski definition) is 5. The maximum Gasteiger partial charge on any atom is 0.294 e. The van der Waals surface area contributed by atoms with Gasteiger partial charge in [0, 0.05) is 17.7 Å². The van der Waals surface area contributed by atoms with E-state index in [-0.39, 0.29) is 4.90 Å². The van der Waals surface area contributed by atoms with Gasteiger partial charge in [0.1, 0.15) is 0 Å². The topological polar surface area (TPSA) is 70.0 Å². The van der Waals surface area contributed by atoms with Crippen LogP contribution in [0.15, 0.2) is 136 Å². The summed E-state index contributed by atoms with van der Waals surface area (Å²) in [4.78, 5) is 8.17. The minimum absolute atomic E-state index is 0.0666. The van der Waals surface area contributed by atoms with Crippen molar-refractivity contribution in [2.75, 3.05) is 6.54 Å². The molecule has 0 saturated heterocycles. The van der Waals surface area contributed by atoms with Gasteiger partial charge in [-0.3, -0.25) is 9.55 Å². The van der Waals surface area contributed by atoms with Crippen molar-refractivity contribution in [3.05, 3.63) is 143 Å². The molecule has 39 heavy (non-hydrogen) atoms. The third kappa shape index (κ3) is 7.57. The fourth-order valence-corrected chi connectivity index (χ4v) is 5.69. The minimum atomic E-state index is -4.02. The molecule has 0 radical (unpaired) electrons. The van der Waals surface area contributed by atoms with Crippen LogP contribution in [0, 0.1) is 6.92 Å². The molecular formula is C32H30N2O3S2. The molecule has 1 heterocycles. The molecule has 1 aliphatic heterocycles. The summed E-state index contributed by atoms with van der Waals surface area (Å²) in [6.45, 7) is 4.94. The summed E-state index contributed by atoms with van der Waals surface area (Å²) in [5.74, 6) is 0. The zero-order chi connectivity index (χ0) is 27.7. The molecule has 0 atom stereocenters. The van der Waals surface area contributed by atoms with Crippen LogP contribution in [0.3, 0.4) is 0 Å². The molecule has 1 aliphatic rings. The Kier molecular flexibility index (Phi) is 9.54. The number of benzene rings is 4. The molecule has 198 valence electrons. The fourth-order valence-electron chi connectivity index (χ4n) is 3.96. The molecule has 0 amide bonds. The van der Waals surface area contributed by atoms with Gasteiger partial charge in [-0.1, -0.05) is 108 Å². The monoisotopic (exact) mass is 554 g/mol. The van der Waals surface area contributed by atoms with E-state index in [0.29, 0.717) is 0 Å². The highest BCUT2D eigenvalue weighted by Gasteiger charge is 2.28. The van der Waals surface area contributed by atoms with Gasteiger partial charge in [0.2, 0.25) is 0 Å². The molecule has 0 bridgehead atoms. The molecule has 0 unspecified atom stereocenters. The fraction of sp³-hybridized carbons (Fsp3) is 0.0938. The van der Waals surface area contributed by atoms with Crippen LogP contribution in [0.1, 0.15) is 23.6 Å². The Morgan fingerprint density at radius 3 is 1.87 bits per heavy atom. The highest BCUT2D eigenvalue weighted by molar-refractivity contribution is 8.12. The van der Waals surface area contributed by atoms with Crippen LogP contribution in [-0.2, 0) is 10.1 Å². The van der Waals surface area contributed by atoms with Gasteiger partial charge in [-0.15, -0.1) is 0 Å². The third-order valence-corrected chi connectivity index (χ3v) is 7.94. The SMILES string of the molecule is CCN1C(=CC=Nc2ccccc2)SC(c2ccccc2)=C1c1ccccc1.Cc1ccc(S(=O)(=O)O)cc1. The molecule has 7 heteroatoms. The van der Waals surface area contributed by atoms with Crippen LogP contribution in [0.5, 0.6) is 0 Å². The van der Waals surface area contributed by atoms with Crippen molar-refractivity contribution in [3.63, 3.8) is 0 Å². The summed E-state index contributed by atoms with van der Waals surface area (Å²) in [5.41, 5.74) is 5.66. The Balaban J connectivity index is 0.000000270. The molecule has 5 rings (SSSR count). The summed E-state index contributed by atoms with van der Waals surface area (Å²) in [6.07, 6.45) is 4.01. The van der Waals surface area contributed by atoms with Crippen molar-refractivity contribution in [1.82, 2.24) is 4.90 Å². The first kappa shape index (κ1) is 28.1. The van der Waals surface area contributed by atoms with Crippen molar-refractivity contribution in [3.8, 4) is 0 Å². The predicted molar refractivity (Wildman–Crippen MR) is 163 cm³/mol. The lowest BCUT2D eigenvalue weighted by molar-refractivity contribution is 0.483. The molecule has 0 fully saturated rings. The maximum atomic E-state index is 10.5. The number of thioether (sulfide) groups is 1. The largest absolute Gasteiger partial charge is 0.335 e. The van der Waals surface area contributed by atoms with Crippen LogP contribution in [0.4, 0.5) is 5.69 Å². The lowest BCUT2D eigenvalue weighted by atomic mass is 10.1. The van der Waals surface area contributed by atoms with Gasteiger partial charge >= 0.3 is 0 Å². The Morgan fingerprint density at radius 1 is 0.795 bits per heavy atom. The van der Waals surface area contributed by atoms with E-state index in [1.807, 2.05) is 55.2 Å². The molecule has 0 spiro atoms. The summed E-state index contributed by atoms with van der Waals surface area (Å²) in [7, 11) is -4.02. The van der Waals surface area contributed by atoms with E-state index in [0.717, 1.165) is 17.8 Å². The molecule has 5 nitrogen and oxygen atoms in total. The van der Waals surface area contributed by atoms with Crippen molar-refractivity contribution in [2.45, 2.75) is 18.7 Å². The van der Waals surface area contributed by atoms with Gasteiger partial charge in [0.15, 0.2) is 0 Å². The minimum Gasteiger partial charge on any atom is -0.335 e. The van der Waals surface area contributed by atoms with Crippen molar-refractivity contribution >= 4 is 44.4 Å². The second-order valence-corrected chi connectivity index (χ2v) is 11.1. The van der Waals surface area contributed by atoms with E-state index in [4.69, 9.17) is 4.55 Å². The summed E-state index contributed by atoms with van der Waals surface area (Å²) in [6, 6.07) is 37.3. The molecule has 0 aromatic heterocycles. The van der Waals surface area contributed by atoms with Crippen molar-refractivity contribution < 1.29 is 13.0 Å². The van der Waals surface area contributed by atoms with E-state index < -0.39 is 10.1 Å². The van der Waals surface area contributed by atoms with Crippen molar-refractivity contribution in [1.29, 1.82) is 0 Å². The lowest BCUT2D eigenvalue weighted by Gasteiger charge is -2.21. The van der Waals surface area contributed by atoms with Gasteiger partial charge in [-0.2, -0.15) is 8.42 Å². The van der Waals surface area contributed by atoms with Gasteiger partial charge in [-0.05, 0) is 55.3 Å². The molecular weight excluding hydrogens is 524 g/mol. The predicted octanol–water partition coefficient (Wildman–Crippen LogP) is 8.07. The molecule has 4 aromatic rings. The van der Waals surface area contributed by atoms with E-state index in [2.05, 4.69) is 83.6 Å². The van der Waals surface area contributed by atoms with Crippen molar-refractivity contribution in [2.24, 2.45) is 4.99 Å². The van der Waals surface area contributed by atoms with Crippen LogP contribution >= 0.6 is 11.8 Å². The number of nitrogens with zero attached hydrogens (tertiary/aromatic N) is 2. The van der Waals surface area contributed by atoms with Gasteiger partial charge in [0.05, 0.1) is 21.3 Å². The number of aliphatic imine (C=N–C) groups is 1. The molecule has 1 N–H and O–H groups in total. The molecule has 0 saturated carbocycles. The number of aryl methyl sites for hydroxylation is 1. The number of para-hydroxylation sites is 1. The van der Waals surface area contributed by atoms with Crippen LogP contribution < -0.4 is 0 Å². The molecule has 0 aliphatic carbocycles. The Labute approximate surface area is 235 Å². The van der Waals surface area contributed by atoms with Gasteiger partial charge < -0.3 is 4.90 Å². The lowest BCUT2D eigenvalue weighted by Crippen LogP contribution is -2.16. The Morgan fingerprint density at radius 2 is 1.33 bits per heavy atom. The summed E-state index contributed by atoms with van der Waals surface area (Å²) in [5, 5.41) is 1.19. The van der Waals surface area contributed by atoms with Gasteiger partial charge in [0.25, 0.3) is 10.1 Å². The normalized spacial score (nSPS) is 14.5. The van der Waals surface area contributed by atoms with E-state index >= 15 is 0 Å². The average Bonchev–Trinajstić information content (AvgIpc) is 3.33. The zero-order valence-corrected chi connectivity index (χ0v) is 23.4. The summed E-state index contributed by atoms with van der Waals surface area (Å²) < 4.78 is 29.6. The first-order valence-corrected chi connectivity index (χ1v) is 14.8. The first-order valence-electron chi connectivity index (χ1n) is 12.5. The smallest absolute Gasteiger partial charge is 0.294 e. The quantitative estimate of drug-likeness (QED) is 0.193. The van der Waals surface area contributed by atoms with E-state index in [1.165, 1.54) is 38.9 Å². The van der Waals surface area contributed by atoms with E-state index in [1.54, 1.807) is 12.1 Å². The third-order valence-electron chi connectivity index (χ3n) is 5.87.